The van der Waals surface area contributed by atoms with Crippen LogP contribution in [0.15, 0.2) is 0 Å². The fourth-order valence-corrected chi connectivity index (χ4v) is 50.2. The van der Waals surface area contributed by atoms with Crippen molar-refractivity contribution in [1.82, 2.24) is 0 Å². The van der Waals surface area contributed by atoms with Gasteiger partial charge in [0.25, 0.3) is 0 Å². The summed E-state index contributed by atoms with van der Waals surface area (Å²) in [5.41, 5.74) is 7.86. The predicted octanol–water partition coefficient (Wildman–Crippen LogP) is 30.5. The minimum Gasteiger partial charge on any atom is -0.469 e. The molecule has 40 saturated carbocycles. The number of carbonyl (C=O) groups is 6. The van der Waals surface area contributed by atoms with Crippen molar-refractivity contribution in [3.05, 3.63) is 0 Å². The van der Waals surface area contributed by atoms with E-state index >= 15 is 0 Å². The summed E-state index contributed by atoms with van der Waals surface area (Å²) in [5.74, 6) is 24.7. The van der Waals surface area contributed by atoms with Crippen LogP contribution in [0.4, 0.5) is 0 Å². The molecule has 133 heavy (non-hydrogen) atoms. The summed E-state index contributed by atoms with van der Waals surface area (Å²) in [5, 5.41) is 10.2. The molecule has 40 rings (SSSR count). The van der Waals surface area contributed by atoms with Crippen molar-refractivity contribution in [1.29, 1.82) is 0 Å². The van der Waals surface area contributed by atoms with E-state index in [1.807, 2.05) is 13.8 Å². The molecule has 9 heteroatoms. The third-order valence-corrected chi connectivity index (χ3v) is 49.2. The minimum atomic E-state index is -0.219. The van der Waals surface area contributed by atoms with Crippen LogP contribution in [-0.2, 0) is 38.2 Å². The fourth-order valence-electron chi connectivity index (χ4n) is 50.2. The van der Waals surface area contributed by atoms with Crippen LogP contribution in [0.5, 0.6) is 0 Å². The number of aliphatic hydroxyl groups is 1. The summed E-state index contributed by atoms with van der Waals surface area (Å²) in [4.78, 5) is 71.1. The Morgan fingerprint density at radius 1 is 0.233 bits per heavy atom. The highest BCUT2D eigenvalue weighted by molar-refractivity contribution is 5.87. The van der Waals surface area contributed by atoms with Crippen molar-refractivity contribution < 1.29 is 43.3 Å². The number of ether oxygens (including phenoxy) is 2. The molecule has 0 aromatic carbocycles. The molecule has 0 spiro atoms. The molecule has 746 valence electrons. The standard InChI is InChI=1S/C14H24.2C13H20O2.2C13H20O.C13H22.C12H20.C11H16O.C11H18O.C11H16O/c1-11-5-12(2)8-13(3,6-11)10-14(4,7-11)9-12;1-12-4-9-3-10(5-12)7-13(6-9,8-12)11(14)15-2;1-8-10-3-9-4-11(8)7-13(5-9,6-10)12(14)15-2;1-9(14)13-6-10-3-11(7-13)5-12(2,4-10)8-13;1-8-11-3-10-4-12(8)7-13(5-10,6-11)9(2)14;1-11-4-10-5-12(2,7-11)9-13(3,6-10)8-11;1-11-4-9-3-10(5-11)7-12(2,6-9)8-11;1-11-4-7-2-8(5-11)10(12)9(3-7)6-11;1-7-9-2-8-3-10(7)6-11(12,4-8)5-9;1-6-8-2-7-3-9(5-8)11(12)10(6)4-7/h5-10H2,1-4H3;9-10H,3-8H2,1-2H3;8-11H,3-7H2,1-2H3;10-11H,3-8H2,1-2H3;8,10-12H,3-7H2,1-2H3;10H,4-9H2,1-3H3;9-10H,3-8H2,1-2H3;7-9H,2-6H2,1H3;7-10,12H,2-6H2,1H3;6-10H,2-5H2,1H3. The van der Waals surface area contributed by atoms with Gasteiger partial charge in [-0.1, -0.05) is 111 Å². The van der Waals surface area contributed by atoms with Gasteiger partial charge in [-0.3, -0.25) is 28.8 Å². The van der Waals surface area contributed by atoms with E-state index in [1.54, 1.807) is 46.3 Å². The lowest BCUT2D eigenvalue weighted by Crippen LogP contribution is -2.57. The molecule has 0 aromatic heterocycles. The predicted molar refractivity (Wildman–Crippen MR) is 534 cm³/mol. The first-order valence-corrected chi connectivity index (χ1v) is 58.1. The molecule has 40 aliphatic rings. The summed E-state index contributed by atoms with van der Waals surface area (Å²) < 4.78 is 10.1. The normalized spacial score (nSPS) is 58.0. The van der Waals surface area contributed by atoms with Crippen LogP contribution in [0, 0.1) is 246 Å². The minimum absolute atomic E-state index is 0.0717. The van der Waals surface area contributed by atoms with E-state index in [-0.39, 0.29) is 39.2 Å². The Bertz CT molecular complexity index is 4180. The van der Waals surface area contributed by atoms with Gasteiger partial charge in [0.2, 0.25) is 0 Å². The maximum Gasteiger partial charge on any atom is 0.311 e. The molecular weight excluding hydrogens is 1630 g/mol. The molecular formula is C124H196O9. The van der Waals surface area contributed by atoms with E-state index in [4.69, 9.17) is 9.47 Å². The average Bonchev–Trinajstić information content (AvgIpc) is 0.694. The van der Waals surface area contributed by atoms with Crippen LogP contribution in [0.25, 0.3) is 0 Å². The highest BCUT2D eigenvalue weighted by atomic mass is 16.5. The van der Waals surface area contributed by atoms with Crippen molar-refractivity contribution in [3.63, 3.8) is 0 Å². The number of Topliss-reactive ketones (excluding diaryl/α,β-unsaturated/α-hetero) is 4. The topological polar surface area (TPSA) is 141 Å². The van der Waals surface area contributed by atoms with E-state index in [1.165, 1.54) is 257 Å². The van der Waals surface area contributed by atoms with E-state index in [0.717, 1.165) is 215 Å². The summed E-state index contributed by atoms with van der Waals surface area (Å²) in [6.07, 6.45) is 72.9. The number of esters is 2. The SMILES string of the molecule is CC(=O)C12CC3CC(C1)C(C)C(C3)C2.CC(=O)C12CC3CC(CC(C)(C3)C1)C2.CC12CC3(C)CC(C)(C1)CC(C)(C2)C3.CC12CC3CC(C)(C1)CC(C)(C3)C2.CC12CC3CC(C1)C(=O)C(C3)C2.CC12CC3CC(C1)CC(C)(C3)C2.CC1C2CC3CC(C2)C(=O)C1C3.CC1C2CC3CC1CC(O)(C3)C2.COC(=O)C12CC3CC(C1)C(C)C(C3)C2.COC(=O)C12CC3CC(CC(C)(C3)C1)C2. The first kappa shape index (κ1) is 96.7. The molecule has 0 heterocycles. The second-order valence-corrected chi connectivity index (χ2v) is 64.0. The fraction of sp³-hybridized carbons (Fsp3) is 0.952. The van der Waals surface area contributed by atoms with Gasteiger partial charge < -0.3 is 14.6 Å². The van der Waals surface area contributed by atoms with Crippen LogP contribution in [-0.4, -0.2) is 60.0 Å². The van der Waals surface area contributed by atoms with Crippen LogP contribution in [0.2, 0.25) is 0 Å². The Balaban J connectivity index is 0.0000000890. The van der Waals surface area contributed by atoms with Crippen molar-refractivity contribution in [3.8, 4) is 0 Å². The van der Waals surface area contributed by atoms with Gasteiger partial charge in [-0.2, -0.15) is 0 Å². The molecule has 0 radical (unpaired) electrons. The quantitative estimate of drug-likeness (QED) is 0.272. The second-order valence-electron chi connectivity index (χ2n) is 64.0. The lowest BCUT2D eigenvalue weighted by molar-refractivity contribution is -0.176. The van der Waals surface area contributed by atoms with Gasteiger partial charge in [0.15, 0.2) is 0 Å². The van der Waals surface area contributed by atoms with E-state index in [9.17, 15) is 33.9 Å². The van der Waals surface area contributed by atoms with Crippen LogP contribution in [0.1, 0.15) is 471 Å². The van der Waals surface area contributed by atoms with Crippen molar-refractivity contribution in [2.45, 2.75) is 477 Å². The molecule has 17 atom stereocenters. The highest BCUT2D eigenvalue weighted by Gasteiger charge is 2.67. The number of methoxy groups -OCH3 is 2. The Hall–Kier alpha value is -2.42. The lowest BCUT2D eigenvalue weighted by atomic mass is 9.37. The Morgan fingerprint density at radius 3 is 0.880 bits per heavy atom. The second kappa shape index (κ2) is 33.1. The Kier molecular flexibility index (Phi) is 24.0. The first-order chi connectivity index (χ1) is 62.1. The van der Waals surface area contributed by atoms with Gasteiger partial charge in [0, 0.05) is 34.5 Å². The third kappa shape index (κ3) is 18.2. The number of hydrogen-bond donors (Lipinski definition) is 1. The van der Waals surface area contributed by atoms with E-state index in [2.05, 4.69) is 111 Å². The number of ketones is 4. The van der Waals surface area contributed by atoms with Gasteiger partial charge in [-0.05, 0) is 562 Å². The van der Waals surface area contributed by atoms with Gasteiger partial charge in [-0.15, -0.1) is 0 Å². The summed E-state index contributed by atoms with van der Waals surface area (Å²) in [7, 11) is 3.09. The zero-order chi connectivity index (χ0) is 94.2. The monoisotopic (exact) mass is 1830 g/mol. The maximum atomic E-state index is 12.0. The first-order valence-electron chi connectivity index (χ1n) is 58.1. The summed E-state index contributed by atoms with van der Waals surface area (Å²) >= 11 is 0. The van der Waals surface area contributed by atoms with Gasteiger partial charge in [0.05, 0.1) is 30.7 Å². The number of carbonyl (C=O) groups excluding carboxylic acids is 6. The average molecular weight is 1830 g/mol. The molecule has 40 fully saturated rings. The van der Waals surface area contributed by atoms with Crippen LogP contribution >= 0.6 is 0 Å². The largest absolute Gasteiger partial charge is 0.469 e. The number of rotatable bonds is 4. The van der Waals surface area contributed by atoms with Crippen LogP contribution < -0.4 is 0 Å². The van der Waals surface area contributed by atoms with Crippen LogP contribution in [0.3, 0.4) is 0 Å². The molecule has 17 unspecified atom stereocenters. The molecule has 40 bridgehead atoms. The lowest BCUT2D eigenvalue weighted by Gasteiger charge is -2.68. The summed E-state index contributed by atoms with van der Waals surface area (Å²) in [6.45, 7) is 43.3. The van der Waals surface area contributed by atoms with E-state index < -0.39 is 0 Å². The molecule has 0 aromatic rings. The molecule has 1 N–H and O–H groups in total. The summed E-state index contributed by atoms with van der Waals surface area (Å²) in [6, 6.07) is 0. The zero-order valence-electron chi connectivity index (χ0n) is 89.0. The maximum absolute atomic E-state index is 12.0. The highest BCUT2D eigenvalue weighted by Crippen LogP contribution is 2.76. The Labute approximate surface area is 810 Å². The molecule has 40 aliphatic carbocycles. The Morgan fingerprint density at radius 2 is 0.519 bits per heavy atom. The smallest absolute Gasteiger partial charge is 0.311 e. The van der Waals surface area contributed by atoms with E-state index in [0.29, 0.717) is 90.6 Å². The van der Waals surface area contributed by atoms with Crippen molar-refractivity contribution >= 4 is 35.1 Å². The molecule has 0 amide bonds. The van der Waals surface area contributed by atoms with Gasteiger partial charge in [-0.25, -0.2) is 0 Å². The van der Waals surface area contributed by atoms with Gasteiger partial charge >= 0.3 is 11.9 Å². The molecule has 9 nitrogen and oxygen atoms in total. The molecule has 0 aliphatic heterocycles. The van der Waals surface area contributed by atoms with Crippen molar-refractivity contribution in [2.24, 2.45) is 246 Å². The number of hydrogen-bond acceptors (Lipinski definition) is 9. The zero-order valence-corrected chi connectivity index (χ0v) is 89.0. The van der Waals surface area contributed by atoms with Crippen molar-refractivity contribution in [2.75, 3.05) is 14.2 Å². The third-order valence-electron chi connectivity index (χ3n) is 49.2. The van der Waals surface area contributed by atoms with Gasteiger partial charge in [0.1, 0.15) is 23.1 Å². The molecule has 0 saturated heterocycles.